The van der Waals surface area contributed by atoms with Crippen molar-refractivity contribution in [2.45, 2.75) is 48.4 Å². The molecule has 0 spiro atoms. The van der Waals surface area contributed by atoms with Gasteiger partial charge in [-0.05, 0) is 30.3 Å². The van der Waals surface area contributed by atoms with Crippen LogP contribution in [0.2, 0.25) is 0 Å². The SMILES string of the molecule is CC1(C)c2sc(=O)n(CC(=O)Nc3ccccc3C(F)(F)F)c2SC2C(=O)N(c3cccc(C(F)(F)F)c3)C(=O)C21. The van der Waals surface area contributed by atoms with Gasteiger partial charge in [0.2, 0.25) is 17.7 Å². The maximum absolute atomic E-state index is 13.5. The van der Waals surface area contributed by atoms with Crippen molar-refractivity contribution >= 4 is 52.2 Å². The van der Waals surface area contributed by atoms with Gasteiger partial charge in [0, 0.05) is 10.3 Å². The highest BCUT2D eigenvalue weighted by atomic mass is 32.2. The van der Waals surface area contributed by atoms with E-state index in [4.69, 9.17) is 0 Å². The number of carbonyl (C=O) groups excluding carboxylic acids is 3. The number of hydrogen-bond donors (Lipinski definition) is 1. The number of hydrogen-bond acceptors (Lipinski definition) is 6. The van der Waals surface area contributed by atoms with Crippen LogP contribution in [0.25, 0.3) is 0 Å². The third-order valence-electron chi connectivity index (χ3n) is 6.94. The Hall–Kier alpha value is -3.59. The van der Waals surface area contributed by atoms with Crippen LogP contribution < -0.4 is 15.1 Å². The van der Waals surface area contributed by atoms with E-state index in [0.717, 1.165) is 58.0 Å². The van der Waals surface area contributed by atoms with Gasteiger partial charge in [0.25, 0.3) is 0 Å². The monoisotopic (exact) mass is 615 g/mol. The molecule has 0 saturated carbocycles. The van der Waals surface area contributed by atoms with Gasteiger partial charge in [-0.2, -0.15) is 26.3 Å². The molecule has 3 aromatic rings. The van der Waals surface area contributed by atoms with E-state index in [1.165, 1.54) is 12.1 Å². The first kappa shape index (κ1) is 28.9. The van der Waals surface area contributed by atoms with Crippen LogP contribution in [-0.4, -0.2) is 27.5 Å². The van der Waals surface area contributed by atoms with E-state index in [1.54, 1.807) is 13.8 Å². The molecule has 3 heterocycles. The number of halogens is 6. The number of imide groups is 1. The highest BCUT2D eigenvalue weighted by molar-refractivity contribution is 8.00. The van der Waals surface area contributed by atoms with Crippen molar-refractivity contribution in [1.29, 1.82) is 0 Å². The number of amides is 3. The minimum atomic E-state index is -4.74. The van der Waals surface area contributed by atoms with Gasteiger partial charge < -0.3 is 5.32 Å². The second-order valence-electron chi connectivity index (χ2n) is 9.98. The van der Waals surface area contributed by atoms with Crippen LogP contribution in [0.15, 0.2) is 58.4 Å². The van der Waals surface area contributed by atoms with Crippen LogP contribution in [0.4, 0.5) is 37.7 Å². The van der Waals surface area contributed by atoms with E-state index in [-0.39, 0.29) is 10.7 Å². The molecule has 3 amide bonds. The minimum absolute atomic E-state index is 0.192. The molecule has 1 saturated heterocycles. The molecule has 0 aliphatic carbocycles. The Morgan fingerprint density at radius 1 is 0.951 bits per heavy atom. The van der Waals surface area contributed by atoms with Crippen LogP contribution in [0.3, 0.4) is 0 Å². The fourth-order valence-electron chi connectivity index (χ4n) is 5.01. The molecule has 5 rings (SSSR count). The van der Waals surface area contributed by atoms with Crippen molar-refractivity contribution in [2.24, 2.45) is 5.92 Å². The Labute approximate surface area is 236 Å². The van der Waals surface area contributed by atoms with Crippen LogP contribution in [0.5, 0.6) is 0 Å². The van der Waals surface area contributed by atoms with Gasteiger partial charge in [0.1, 0.15) is 11.8 Å². The summed E-state index contributed by atoms with van der Waals surface area (Å²) in [6.45, 7) is 2.56. The number of para-hydroxylation sites is 1. The van der Waals surface area contributed by atoms with E-state index >= 15 is 0 Å². The number of rotatable bonds is 4. The standard InChI is InChI=1S/C26H19F6N3O4S2/c1-24(2)17-18(21(38)35(20(17)37)13-7-5-6-12(10-13)25(27,28)29)40-22-19(24)41-23(39)34(22)11-16(36)33-15-9-4-3-8-14(15)26(30,31)32/h3-10,17-18H,11H2,1-2H3,(H,33,36). The van der Waals surface area contributed by atoms with E-state index in [2.05, 4.69) is 5.32 Å². The topological polar surface area (TPSA) is 88.5 Å². The molecule has 2 atom stereocenters. The number of thiazole rings is 1. The minimum Gasteiger partial charge on any atom is -0.324 e. The number of nitrogens with one attached hydrogen (secondary N) is 1. The van der Waals surface area contributed by atoms with Gasteiger partial charge in [-0.1, -0.05) is 55.1 Å². The molecule has 15 heteroatoms. The fourth-order valence-corrected chi connectivity index (χ4v) is 8.05. The third-order valence-corrected chi connectivity index (χ3v) is 9.77. The average molecular weight is 616 g/mol. The maximum Gasteiger partial charge on any atom is 0.418 e. The summed E-state index contributed by atoms with van der Waals surface area (Å²) in [6.07, 6.45) is -9.44. The lowest BCUT2D eigenvalue weighted by molar-refractivity contribution is -0.138. The lowest BCUT2D eigenvalue weighted by atomic mass is 9.76. The number of alkyl halides is 6. The third kappa shape index (κ3) is 4.94. The van der Waals surface area contributed by atoms with Gasteiger partial charge in [0.15, 0.2) is 0 Å². The smallest absolute Gasteiger partial charge is 0.324 e. The number of carbonyl (C=O) groups is 3. The van der Waals surface area contributed by atoms with Crippen LogP contribution >= 0.6 is 23.1 Å². The number of aromatic nitrogens is 1. The summed E-state index contributed by atoms with van der Waals surface area (Å²) >= 11 is 1.56. The van der Waals surface area contributed by atoms with Crippen molar-refractivity contribution in [3.05, 3.63) is 74.2 Å². The summed E-state index contributed by atoms with van der Waals surface area (Å²) in [7, 11) is 0. The molecule has 41 heavy (non-hydrogen) atoms. The lowest BCUT2D eigenvalue weighted by Gasteiger charge is -2.36. The highest BCUT2D eigenvalue weighted by Crippen LogP contribution is 2.54. The van der Waals surface area contributed by atoms with Gasteiger partial charge >= 0.3 is 17.2 Å². The Morgan fingerprint density at radius 2 is 1.63 bits per heavy atom. The molecule has 1 aromatic heterocycles. The molecular weight excluding hydrogens is 596 g/mol. The Kier molecular flexibility index (Phi) is 6.88. The number of fused-ring (bicyclic) bond motifs is 2. The Balaban J connectivity index is 1.46. The van der Waals surface area contributed by atoms with E-state index in [9.17, 15) is 45.5 Å². The lowest BCUT2D eigenvalue weighted by Crippen LogP contribution is -2.42. The van der Waals surface area contributed by atoms with Crippen molar-refractivity contribution in [3.63, 3.8) is 0 Å². The van der Waals surface area contributed by atoms with E-state index in [0.29, 0.717) is 15.8 Å². The molecule has 2 unspecified atom stereocenters. The quantitative estimate of drug-likeness (QED) is 0.308. The Morgan fingerprint density at radius 3 is 2.29 bits per heavy atom. The van der Waals surface area contributed by atoms with Crippen molar-refractivity contribution < 1.29 is 40.7 Å². The fraction of sp³-hybridized carbons (Fsp3) is 0.308. The van der Waals surface area contributed by atoms with Crippen LogP contribution in [0.1, 0.15) is 29.9 Å². The van der Waals surface area contributed by atoms with Crippen LogP contribution in [-0.2, 0) is 38.7 Å². The molecule has 216 valence electrons. The number of thioether (sulfide) groups is 1. The summed E-state index contributed by atoms with van der Waals surface area (Å²) in [6, 6.07) is 8.16. The maximum atomic E-state index is 13.5. The van der Waals surface area contributed by atoms with Crippen molar-refractivity contribution in [3.8, 4) is 0 Å². The zero-order valence-corrected chi connectivity index (χ0v) is 22.7. The first-order valence-corrected chi connectivity index (χ1v) is 13.6. The molecule has 2 aliphatic rings. The normalized spacial score (nSPS) is 20.1. The van der Waals surface area contributed by atoms with Crippen molar-refractivity contribution in [1.82, 2.24) is 4.57 Å². The summed E-state index contributed by atoms with van der Waals surface area (Å²) in [5, 5.41) is 1.25. The van der Waals surface area contributed by atoms with Crippen molar-refractivity contribution in [2.75, 3.05) is 10.2 Å². The van der Waals surface area contributed by atoms with Gasteiger partial charge in [-0.15, -0.1) is 0 Å². The number of anilines is 2. The molecule has 2 aromatic carbocycles. The molecule has 1 N–H and O–H groups in total. The predicted molar refractivity (Wildman–Crippen MR) is 139 cm³/mol. The molecule has 0 bridgehead atoms. The second kappa shape index (κ2) is 9.76. The average Bonchev–Trinajstić information content (AvgIpc) is 3.32. The second-order valence-corrected chi connectivity index (χ2v) is 12.1. The zero-order valence-electron chi connectivity index (χ0n) is 21.1. The summed E-state index contributed by atoms with van der Waals surface area (Å²) < 4.78 is 81.0. The first-order chi connectivity index (χ1) is 19.0. The summed E-state index contributed by atoms with van der Waals surface area (Å²) in [5.41, 5.74) is -3.99. The molecule has 7 nitrogen and oxygen atoms in total. The van der Waals surface area contributed by atoms with Crippen LogP contribution in [0, 0.1) is 5.92 Å². The molecule has 0 radical (unpaired) electrons. The van der Waals surface area contributed by atoms with E-state index < -0.39 is 74.9 Å². The number of benzene rings is 2. The summed E-state index contributed by atoms with van der Waals surface area (Å²) in [4.78, 5) is 53.1. The molecule has 2 aliphatic heterocycles. The first-order valence-electron chi connectivity index (χ1n) is 11.9. The predicted octanol–water partition coefficient (Wildman–Crippen LogP) is 5.53. The molecular formula is C26H19F6N3O4S2. The largest absolute Gasteiger partial charge is 0.418 e. The van der Waals surface area contributed by atoms with E-state index in [1.807, 2.05) is 0 Å². The summed E-state index contributed by atoms with van der Waals surface area (Å²) in [5.74, 6) is -3.46. The van der Waals surface area contributed by atoms with Gasteiger partial charge in [-0.3, -0.25) is 23.7 Å². The number of nitrogens with zero attached hydrogens (tertiary/aromatic N) is 2. The Bertz CT molecular complexity index is 1640. The van der Waals surface area contributed by atoms with Gasteiger partial charge in [-0.25, -0.2) is 4.90 Å². The molecule has 1 fully saturated rings. The zero-order chi connectivity index (χ0) is 30.1. The highest BCUT2D eigenvalue weighted by Gasteiger charge is 2.59. The van der Waals surface area contributed by atoms with Gasteiger partial charge in [0.05, 0.1) is 33.4 Å².